The van der Waals surface area contributed by atoms with Crippen LogP contribution in [0, 0.1) is 0 Å². The maximum Gasteiger partial charge on any atom is 0.251 e. The smallest absolute Gasteiger partial charge is 0.251 e. The number of carbonyl (C=O) groups is 3. The van der Waals surface area contributed by atoms with E-state index >= 15 is 0 Å². The highest BCUT2D eigenvalue weighted by Crippen LogP contribution is 2.18. The zero-order valence-corrected chi connectivity index (χ0v) is 15.4. The van der Waals surface area contributed by atoms with E-state index in [1.54, 1.807) is 24.3 Å². The largest absolute Gasteiger partial charge is 0.361 e. The van der Waals surface area contributed by atoms with Crippen LogP contribution in [0.4, 0.5) is 0 Å². The number of carbonyl (C=O) groups excluding carboxylic acids is 3. The van der Waals surface area contributed by atoms with Crippen LogP contribution >= 0.6 is 0 Å². The Balaban J connectivity index is 1.32. The maximum absolute atomic E-state index is 12.4. The fraction of sp³-hybridized carbons (Fsp3) is 0.227. The number of nitrogens with one attached hydrogen (secondary N) is 2. The molecule has 1 aliphatic heterocycles. The Morgan fingerprint density at radius 3 is 2.46 bits per heavy atom. The molecular formula is C22H21N3O3. The molecular weight excluding hydrogens is 354 g/mol. The number of nitrogens with zero attached hydrogens (tertiary/aromatic N) is 1. The Bertz CT molecular complexity index is 1020. The molecule has 1 saturated heterocycles. The number of aromatic nitrogens is 1. The van der Waals surface area contributed by atoms with Gasteiger partial charge in [0.2, 0.25) is 11.8 Å². The normalized spacial score (nSPS) is 14.1. The molecule has 28 heavy (non-hydrogen) atoms. The summed E-state index contributed by atoms with van der Waals surface area (Å²) in [6.45, 7) is 0.805. The van der Waals surface area contributed by atoms with E-state index in [2.05, 4.69) is 16.4 Å². The number of amides is 3. The van der Waals surface area contributed by atoms with Crippen LogP contribution in [0.25, 0.3) is 10.9 Å². The first-order chi connectivity index (χ1) is 13.6. The molecule has 0 spiro atoms. The highest BCUT2D eigenvalue weighted by molar-refractivity contribution is 6.01. The Labute approximate surface area is 162 Å². The predicted octanol–water partition coefficient (Wildman–Crippen LogP) is 2.79. The molecule has 2 aromatic carbocycles. The van der Waals surface area contributed by atoms with Crippen molar-refractivity contribution in [3.63, 3.8) is 0 Å². The Morgan fingerprint density at radius 2 is 1.71 bits per heavy atom. The molecule has 2 N–H and O–H groups in total. The first-order valence-electron chi connectivity index (χ1n) is 9.37. The molecule has 0 saturated carbocycles. The summed E-state index contributed by atoms with van der Waals surface area (Å²) in [5.74, 6) is -0.409. The van der Waals surface area contributed by atoms with Gasteiger partial charge in [0.1, 0.15) is 0 Å². The number of hydrogen-bond acceptors (Lipinski definition) is 3. The predicted molar refractivity (Wildman–Crippen MR) is 106 cm³/mol. The quantitative estimate of drug-likeness (QED) is 0.650. The Morgan fingerprint density at radius 1 is 1.00 bits per heavy atom. The van der Waals surface area contributed by atoms with Gasteiger partial charge in [-0.2, -0.15) is 0 Å². The van der Waals surface area contributed by atoms with Gasteiger partial charge in [-0.3, -0.25) is 19.3 Å². The minimum atomic E-state index is -0.139. The number of aromatic amines is 1. The summed E-state index contributed by atoms with van der Waals surface area (Å²) in [4.78, 5) is 40.3. The van der Waals surface area contributed by atoms with Gasteiger partial charge in [0.15, 0.2) is 0 Å². The number of fused-ring (bicyclic) bond motifs is 1. The van der Waals surface area contributed by atoms with E-state index in [0.717, 1.165) is 17.5 Å². The van der Waals surface area contributed by atoms with Crippen molar-refractivity contribution in [3.8, 4) is 0 Å². The summed E-state index contributed by atoms with van der Waals surface area (Å²) in [7, 11) is 0. The van der Waals surface area contributed by atoms with E-state index in [9.17, 15) is 14.4 Å². The third kappa shape index (κ3) is 3.67. The van der Waals surface area contributed by atoms with E-state index < -0.39 is 0 Å². The molecule has 1 fully saturated rings. The van der Waals surface area contributed by atoms with Gasteiger partial charge in [0.05, 0.1) is 6.54 Å². The van der Waals surface area contributed by atoms with Crippen molar-refractivity contribution >= 4 is 28.6 Å². The summed E-state index contributed by atoms with van der Waals surface area (Å²) < 4.78 is 0. The molecule has 6 nitrogen and oxygen atoms in total. The van der Waals surface area contributed by atoms with Gasteiger partial charge >= 0.3 is 0 Å². The lowest BCUT2D eigenvalue weighted by molar-refractivity contribution is -0.139. The van der Waals surface area contributed by atoms with Gasteiger partial charge in [0.25, 0.3) is 5.91 Å². The standard InChI is InChI=1S/C22H21N3O3/c26-20-9-10-21(27)25(20)14-15-5-7-16(8-6-15)22(28)23-12-11-17-13-24-19-4-2-1-3-18(17)19/h1-8,13,24H,9-12,14H2,(H,23,28). The van der Waals surface area contributed by atoms with Crippen LogP contribution in [0.5, 0.6) is 0 Å². The summed E-state index contributed by atoms with van der Waals surface area (Å²) in [5.41, 5.74) is 3.65. The number of rotatable bonds is 6. The minimum absolute atomic E-state index is 0.135. The lowest BCUT2D eigenvalue weighted by atomic mass is 10.1. The van der Waals surface area contributed by atoms with Crippen molar-refractivity contribution in [1.29, 1.82) is 0 Å². The number of para-hydroxylation sites is 1. The molecule has 0 aliphatic carbocycles. The number of likely N-dealkylation sites (tertiary alicyclic amines) is 1. The molecule has 0 bridgehead atoms. The van der Waals surface area contributed by atoms with Crippen molar-refractivity contribution in [3.05, 3.63) is 71.4 Å². The fourth-order valence-corrected chi connectivity index (χ4v) is 3.49. The third-order valence-electron chi connectivity index (χ3n) is 5.07. The van der Waals surface area contributed by atoms with Crippen LogP contribution in [0.3, 0.4) is 0 Å². The van der Waals surface area contributed by atoms with Crippen LogP contribution in [-0.4, -0.2) is 34.2 Å². The molecule has 3 amide bonds. The van der Waals surface area contributed by atoms with Crippen LogP contribution < -0.4 is 5.32 Å². The lowest BCUT2D eigenvalue weighted by Crippen LogP contribution is -2.28. The minimum Gasteiger partial charge on any atom is -0.361 e. The van der Waals surface area contributed by atoms with Gasteiger partial charge in [-0.05, 0) is 35.7 Å². The second-order valence-corrected chi connectivity index (χ2v) is 6.94. The first kappa shape index (κ1) is 18.0. The second-order valence-electron chi connectivity index (χ2n) is 6.94. The van der Waals surface area contributed by atoms with Gasteiger partial charge in [-0.1, -0.05) is 30.3 Å². The Kier molecular flexibility index (Phi) is 4.93. The monoisotopic (exact) mass is 375 g/mol. The third-order valence-corrected chi connectivity index (χ3v) is 5.07. The van der Waals surface area contributed by atoms with E-state index in [-0.39, 0.29) is 37.1 Å². The molecule has 142 valence electrons. The van der Waals surface area contributed by atoms with E-state index in [1.807, 2.05) is 24.4 Å². The Hall–Kier alpha value is -3.41. The van der Waals surface area contributed by atoms with Gasteiger partial charge in [-0.15, -0.1) is 0 Å². The molecule has 0 radical (unpaired) electrons. The zero-order chi connectivity index (χ0) is 19.5. The van der Waals surface area contributed by atoms with Gasteiger partial charge in [-0.25, -0.2) is 0 Å². The maximum atomic E-state index is 12.4. The van der Waals surface area contributed by atoms with Crippen molar-refractivity contribution in [2.75, 3.05) is 6.54 Å². The van der Waals surface area contributed by atoms with E-state index in [0.29, 0.717) is 12.1 Å². The first-order valence-corrected chi connectivity index (χ1v) is 9.37. The van der Waals surface area contributed by atoms with Crippen molar-refractivity contribution in [2.24, 2.45) is 0 Å². The topological polar surface area (TPSA) is 82.3 Å². The zero-order valence-electron chi connectivity index (χ0n) is 15.4. The number of hydrogen-bond donors (Lipinski definition) is 2. The fourth-order valence-electron chi connectivity index (χ4n) is 3.49. The van der Waals surface area contributed by atoms with Crippen molar-refractivity contribution < 1.29 is 14.4 Å². The highest BCUT2D eigenvalue weighted by Gasteiger charge is 2.28. The highest BCUT2D eigenvalue weighted by atomic mass is 16.2. The molecule has 1 aromatic heterocycles. The number of imide groups is 1. The van der Waals surface area contributed by atoms with E-state index in [1.165, 1.54) is 15.8 Å². The van der Waals surface area contributed by atoms with Crippen LogP contribution in [0.1, 0.15) is 34.3 Å². The lowest BCUT2D eigenvalue weighted by Gasteiger charge is -2.14. The average molecular weight is 375 g/mol. The number of H-pyrrole nitrogens is 1. The molecule has 6 heteroatoms. The summed E-state index contributed by atoms with van der Waals surface area (Å²) in [6.07, 6.45) is 3.30. The van der Waals surface area contributed by atoms with Crippen LogP contribution in [0.2, 0.25) is 0 Å². The van der Waals surface area contributed by atoms with Crippen molar-refractivity contribution in [1.82, 2.24) is 15.2 Å². The molecule has 4 rings (SSSR count). The van der Waals surface area contributed by atoms with Crippen molar-refractivity contribution in [2.45, 2.75) is 25.8 Å². The molecule has 3 aromatic rings. The summed E-state index contributed by atoms with van der Waals surface area (Å²) >= 11 is 0. The molecule has 1 aliphatic rings. The SMILES string of the molecule is O=C(NCCc1c[nH]c2ccccc12)c1ccc(CN2C(=O)CCC2=O)cc1. The van der Waals surface area contributed by atoms with Gasteiger partial charge in [0, 0.05) is 42.0 Å². The average Bonchev–Trinajstić information content (AvgIpc) is 3.27. The second kappa shape index (κ2) is 7.68. The van der Waals surface area contributed by atoms with Crippen LogP contribution in [-0.2, 0) is 22.6 Å². The molecule has 2 heterocycles. The van der Waals surface area contributed by atoms with Crippen LogP contribution in [0.15, 0.2) is 54.7 Å². The molecule has 0 unspecified atom stereocenters. The molecule has 0 atom stereocenters. The summed E-state index contributed by atoms with van der Waals surface area (Å²) in [5, 5.41) is 4.11. The van der Waals surface area contributed by atoms with E-state index in [4.69, 9.17) is 0 Å². The summed E-state index contributed by atoms with van der Waals surface area (Å²) in [6, 6.07) is 15.1. The van der Waals surface area contributed by atoms with Gasteiger partial charge < -0.3 is 10.3 Å². The number of benzene rings is 2.